The predicted octanol–water partition coefficient (Wildman–Crippen LogP) is 3.87. The molecule has 4 heteroatoms. The first-order chi connectivity index (χ1) is 11.5. The number of benzene rings is 1. The molecule has 2 aliphatic rings. The third kappa shape index (κ3) is 2.73. The lowest BCUT2D eigenvalue weighted by molar-refractivity contribution is -0.198. The van der Waals surface area contributed by atoms with E-state index in [-0.39, 0.29) is 12.2 Å². The van der Waals surface area contributed by atoms with Crippen molar-refractivity contribution >= 4 is 11.8 Å². The number of fused-ring (bicyclic) bond motifs is 2. The summed E-state index contributed by atoms with van der Waals surface area (Å²) in [7, 11) is 0. The van der Waals surface area contributed by atoms with Gasteiger partial charge < -0.3 is 9.47 Å². The summed E-state index contributed by atoms with van der Waals surface area (Å²) in [4.78, 5) is 26.1. The summed E-state index contributed by atoms with van der Waals surface area (Å²) in [6.45, 7) is 13.5. The van der Waals surface area contributed by atoms with Gasteiger partial charge in [0, 0.05) is 6.42 Å². The third-order valence-electron chi connectivity index (χ3n) is 5.18. The summed E-state index contributed by atoms with van der Waals surface area (Å²) < 4.78 is 11.8. The van der Waals surface area contributed by atoms with Crippen LogP contribution in [0.1, 0.15) is 57.6 Å². The van der Waals surface area contributed by atoms with Crippen molar-refractivity contribution in [3.05, 3.63) is 47.5 Å². The normalized spacial score (nSPS) is 32.0. The number of ketones is 1. The molecule has 3 atom stereocenters. The maximum Gasteiger partial charge on any atom is 0.347 e. The van der Waals surface area contributed by atoms with E-state index >= 15 is 0 Å². The summed E-state index contributed by atoms with van der Waals surface area (Å²) in [5.41, 5.74) is -0.286. The zero-order valence-electron chi connectivity index (χ0n) is 15.6. The van der Waals surface area contributed by atoms with Gasteiger partial charge in [0.2, 0.25) is 5.60 Å². The topological polar surface area (TPSA) is 52.6 Å². The Kier molecular flexibility index (Phi) is 3.95. The van der Waals surface area contributed by atoms with E-state index in [0.717, 1.165) is 16.7 Å². The number of hydrogen-bond donors (Lipinski definition) is 0. The number of hydrogen-bond acceptors (Lipinski definition) is 4. The van der Waals surface area contributed by atoms with E-state index in [1.165, 1.54) is 0 Å². The lowest BCUT2D eigenvalue weighted by atomic mass is 9.76. The highest BCUT2D eigenvalue weighted by atomic mass is 16.6. The van der Waals surface area contributed by atoms with Gasteiger partial charge in [-0.15, -0.1) is 0 Å². The molecular weight excluding hydrogens is 316 g/mol. The Hall–Kier alpha value is -1.94. The average molecular weight is 342 g/mol. The molecule has 0 aliphatic carbocycles. The Balaban J connectivity index is 2.15. The van der Waals surface area contributed by atoms with Crippen LogP contribution < -0.4 is 0 Å². The maximum absolute atomic E-state index is 13.1. The molecule has 0 radical (unpaired) electrons. The molecule has 0 unspecified atom stereocenters. The largest absolute Gasteiger partial charge is 0.457 e. The molecule has 0 spiro atoms. The highest BCUT2D eigenvalue weighted by molar-refractivity contribution is 6.10. The monoisotopic (exact) mass is 342 g/mol. The summed E-state index contributed by atoms with van der Waals surface area (Å²) in [5, 5.41) is 0. The third-order valence-corrected chi connectivity index (χ3v) is 5.18. The van der Waals surface area contributed by atoms with Gasteiger partial charge in [0.15, 0.2) is 5.78 Å². The van der Waals surface area contributed by atoms with Crippen molar-refractivity contribution in [2.24, 2.45) is 0 Å². The van der Waals surface area contributed by atoms with E-state index in [1.807, 2.05) is 38.1 Å². The van der Waals surface area contributed by atoms with E-state index < -0.39 is 28.7 Å². The Morgan fingerprint density at radius 2 is 1.88 bits per heavy atom. The number of Topliss-reactive ketones (excluding diaryl/α,β-unsaturated/α-hetero) is 1. The van der Waals surface area contributed by atoms with Crippen molar-refractivity contribution < 1.29 is 19.1 Å². The standard InChI is InChI=1S/C21H26O4/c1-13-7-9-15(10-8-13)17-14(2)20(6)12-11-16(22)21(17,25-20)18(23)24-19(3,4)5/h7-10,17H,2,11-12H2,1,3-6H3/t17-,20+,21-/m0/s1. The minimum absolute atomic E-state index is 0.219. The summed E-state index contributed by atoms with van der Waals surface area (Å²) in [5.74, 6) is -1.36. The van der Waals surface area contributed by atoms with Gasteiger partial charge in [-0.1, -0.05) is 36.4 Å². The van der Waals surface area contributed by atoms with Crippen molar-refractivity contribution in [2.75, 3.05) is 0 Å². The van der Waals surface area contributed by atoms with Crippen LogP contribution in [0.2, 0.25) is 0 Å². The number of carbonyl (C=O) groups is 2. The molecule has 1 aromatic carbocycles. The molecule has 2 aliphatic heterocycles. The van der Waals surface area contributed by atoms with Gasteiger partial charge in [-0.2, -0.15) is 0 Å². The summed E-state index contributed by atoms with van der Waals surface area (Å²) in [6, 6.07) is 7.83. The van der Waals surface area contributed by atoms with Crippen LogP contribution in [-0.2, 0) is 19.1 Å². The smallest absolute Gasteiger partial charge is 0.347 e. The molecule has 0 aromatic heterocycles. The molecule has 2 fully saturated rings. The van der Waals surface area contributed by atoms with E-state index in [4.69, 9.17) is 9.47 Å². The van der Waals surface area contributed by atoms with Gasteiger partial charge in [-0.25, -0.2) is 4.79 Å². The van der Waals surface area contributed by atoms with Crippen molar-refractivity contribution in [1.29, 1.82) is 0 Å². The van der Waals surface area contributed by atoms with Crippen molar-refractivity contribution in [2.45, 2.75) is 70.2 Å². The number of ether oxygens (including phenoxy) is 2. The first kappa shape index (κ1) is 17.9. The molecule has 4 nitrogen and oxygen atoms in total. The van der Waals surface area contributed by atoms with Gasteiger partial charge in [-0.3, -0.25) is 4.79 Å². The van der Waals surface area contributed by atoms with Gasteiger partial charge in [-0.05, 0) is 52.2 Å². The van der Waals surface area contributed by atoms with Gasteiger partial charge in [0.1, 0.15) is 5.60 Å². The Bertz CT molecular complexity index is 740. The quantitative estimate of drug-likeness (QED) is 0.465. The number of aryl methyl sites for hydroxylation is 1. The average Bonchev–Trinajstić information content (AvgIpc) is 2.70. The van der Waals surface area contributed by atoms with Gasteiger partial charge in [0.25, 0.3) is 0 Å². The molecule has 25 heavy (non-hydrogen) atoms. The predicted molar refractivity (Wildman–Crippen MR) is 95.4 cm³/mol. The molecule has 134 valence electrons. The van der Waals surface area contributed by atoms with Crippen molar-refractivity contribution in [3.63, 3.8) is 0 Å². The van der Waals surface area contributed by atoms with Crippen LogP contribution in [0.25, 0.3) is 0 Å². The molecular formula is C21H26O4. The van der Waals surface area contributed by atoms with Crippen LogP contribution in [0.4, 0.5) is 0 Å². The molecule has 1 aromatic rings. The molecule has 3 rings (SSSR count). The fourth-order valence-electron chi connectivity index (χ4n) is 3.82. The molecule has 2 heterocycles. The maximum atomic E-state index is 13.1. The fraction of sp³-hybridized carbons (Fsp3) is 0.524. The van der Waals surface area contributed by atoms with Crippen LogP contribution in [-0.4, -0.2) is 28.6 Å². The summed E-state index contributed by atoms with van der Waals surface area (Å²) in [6.07, 6.45) is 0.828. The second-order valence-electron chi connectivity index (χ2n) is 8.36. The van der Waals surface area contributed by atoms with Crippen LogP contribution in [0.5, 0.6) is 0 Å². The number of esters is 1. The Morgan fingerprint density at radius 3 is 2.44 bits per heavy atom. The van der Waals surface area contributed by atoms with E-state index in [9.17, 15) is 9.59 Å². The first-order valence-electron chi connectivity index (χ1n) is 8.72. The van der Waals surface area contributed by atoms with Crippen LogP contribution in [0.15, 0.2) is 36.4 Å². The Morgan fingerprint density at radius 1 is 1.28 bits per heavy atom. The zero-order chi connectivity index (χ0) is 18.6. The molecule has 2 saturated heterocycles. The van der Waals surface area contributed by atoms with Gasteiger partial charge in [0.05, 0.1) is 11.5 Å². The van der Waals surface area contributed by atoms with Crippen molar-refractivity contribution in [1.82, 2.24) is 0 Å². The lowest BCUT2D eigenvalue weighted by Gasteiger charge is -2.37. The molecule has 2 bridgehead atoms. The minimum atomic E-state index is -1.63. The first-order valence-corrected chi connectivity index (χ1v) is 8.72. The van der Waals surface area contributed by atoms with Crippen LogP contribution in [0, 0.1) is 6.92 Å². The van der Waals surface area contributed by atoms with Crippen LogP contribution >= 0.6 is 0 Å². The highest BCUT2D eigenvalue weighted by Gasteiger charge is 2.68. The zero-order valence-corrected chi connectivity index (χ0v) is 15.6. The number of rotatable bonds is 2. The van der Waals surface area contributed by atoms with Crippen molar-refractivity contribution in [3.8, 4) is 0 Å². The molecule has 0 saturated carbocycles. The van der Waals surface area contributed by atoms with E-state index in [2.05, 4.69) is 6.58 Å². The molecule has 0 N–H and O–H groups in total. The van der Waals surface area contributed by atoms with Crippen LogP contribution in [0.3, 0.4) is 0 Å². The Labute approximate surface area is 149 Å². The van der Waals surface area contributed by atoms with E-state index in [1.54, 1.807) is 20.8 Å². The molecule has 0 amide bonds. The van der Waals surface area contributed by atoms with E-state index in [0.29, 0.717) is 6.42 Å². The fourth-order valence-corrected chi connectivity index (χ4v) is 3.82. The second kappa shape index (κ2) is 5.53. The second-order valence-corrected chi connectivity index (χ2v) is 8.36. The SMILES string of the molecule is C=C1[C@@H](c2ccc(C)cc2)[C@@]2(C(=O)OC(C)(C)C)O[C@]1(C)CCC2=O. The minimum Gasteiger partial charge on any atom is -0.457 e. The summed E-state index contributed by atoms with van der Waals surface area (Å²) >= 11 is 0. The lowest BCUT2D eigenvalue weighted by Crippen LogP contribution is -2.56. The number of carbonyl (C=O) groups excluding carboxylic acids is 2. The van der Waals surface area contributed by atoms with Gasteiger partial charge >= 0.3 is 5.97 Å². The highest BCUT2D eigenvalue weighted by Crippen LogP contribution is 2.57.